The highest BCUT2D eigenvalue weighted by atomic mass is 35.5. The van der Waals surface area contributed by atoms with Gasteiger partial charge in [-0.15, -0.1) is 0 Å². The van der Waals surface area contributed by atoms with Crippen molar-refractivity contribution in [2.45, 2.75) is 64.0 Å². The first-order chi connectivity index (χ1) is 9.74. The molecule has 110 valence electrons. The van der Waals surface area contributed by atoms with Crippen molar-refractivity contribution in [3.63, 3.8) is 0 Å². The molecule has 1 aromatic heterocycles. The van der Waals surface area contributed by atoms with E-state index < -0.39 is 0 Å². The van der Waals surface area contributed by atoms with Crippen LogP contribution in [0.4, 0.5) is 5.69 Å². The molecule has 0 radical (unpaired) electrons. The van der Waals surface area contributed by atoms with Crippen molar-refractivity contribution in [3.8, 4) is 0 Å². The van der Waals surface area contributed by atoms with Crippen LogP contribution in [0.5, 0.6) is 0 Å². The molecule has 0 aliphatic heterocycles. The zero-order valence-electron chi connectivity index (χ0n) is 11.8. The highest BCUT2D eigenvalue weighted by molar-refractivity contribution is 6.33. The second kappa shape index (κ2) is 6.17. The fourth-order valence-corrected chi connectivity index (χ4v) is 3.28. The molecule has 0 amide bonds. The number of hydrogen-bond donors (Lipinski definition) is 1. The van der Waals surface area contributed by atoms with Crippen molar-refractivity contribution in [2.24, 2.45) is 5.92 Å². The number of anilines is 1. The van der Waals surface area contributed by atoms with Crippen molar-refractivity contribution in [2.75, 3.05) is 5.32 Å². The lowest BCUT2D eigenvalue weighted by Crippen LogP contribution is -2.33. The molecule has 2 fully saturated rings. The van der Waals surface area contributed by atoms with Crippen molar-refractivity contribution in [1.82, 2.24) is 9.78 Å². The average molecular weight is 296 g/mol. The second-order valence-corrected chi connectivity index (χ2v) is 6.54. The summed E-state index contributed by atoms with van der Waals surface area (Å²) < 4.78 is 1.58. The predicted molar refractivity (Wildman–Crippen MR) is 81.3 cm³/mol. The second-order valence-electron chi connectivity index (χ2n) is 6.13. The Kier molecular flexibility index (Phi) is 4.29. The number of hydrogen-bond acceptors (Lipinski definition) is 3. The van der Waals surface area contributed by atoms with Crippen LogP contribution in [0.2, 0.25) is 5.02 Å². The van der Waals surface area contributed by atoms with Gasteiger partial charge in [-0.3, -0.25) is 4.79 Å². The molecular weight excluding hydrogens is 274 g/mol. The normalized spacial score (nSPS) is 20.6. The number of aromatic nitrogens is 2. The lowest BCUT2D eigenvalue weighted by atomic mass is 9.85. The zero-order valence-corrected chi connectivity index (χ0v) is 12.5. The first kappa shape index (κ1) is 13.9. The molecule has 2 saturated carbocycles. The molecule has 2 aliphatic carbocycles. The summed E-state index contributed by atoms with van der Waals surface area (Å²) in [4.78, 5) is 12.5. The Labute approximate surface area is 124 Å². The summed E-state index contributed by atoms with van der Waals surface area (Å²) in [6, 6.07) is 0.383. The van der Waals surface area contributed by atoms with Gasteiger partial charge in [0.15, 0.2) is 0 Å². The van der Waals surface area contributed by atoms with Crippen LogP contribution in [0.1, 0.15) is 51.4 Å². The Bertz CT molecular complexity index is 518. The van der Waals surface area contributed by atoms with E-state index in [1.54, 1.807) is 10.9 Å². The molecule has 1 heterocycles. The van der Waals surface area contributed by atoms with Crippen molar-refractivity contribution < 1.29 is 0 Å². The van der Waals surface area contributed by atoms with Gasteiger partial charge in [0.25, 0.3) is 5.56 Å². The van der Waals surface area contributed by atoms with Crippen molar-refractivity contribution in [3.05, 3.63) is 21.6 Å². The van der Waals surface area contributed by atoms with Gasteiger partial charge in [0, 0.05) is 12.6 Å². The first-order valence-corrected chi connectivity index (χ1v) is 8.14. The topological polar surface area (TPSA) is 46.9 Å². The van der Waals surface area contributed by atoms with E-state index in [9.17, 15) is 4.79 Å². The summed E-state index contributed by atoms with van der Waals surface area (Å²) in [5.74, 6) is 0.615. The molecule has 20 heavy (non-hydrogen) atoms. The molecule has 4 nitrogen and oxygen atoms in total. The van der Waals surface area contributed by atoms with E-state index in [4.69, 9.17) is 11.6 Å². The van der Waals surface area contributed by atoms with E-state index in [1.807, 2.05) is 0 Å². The smallest absolute Gasteiger partial charge is 0.291 e. The van der Waals surface area contributed by atoms with Crippen LogP contribution in [0.15, 0.2) is 11.0 Å². The maximum atomic E-state index is 12.5. The van der Waals surface area contributed by atoms with Crippen molar-refractivity contribution >= 4 is 17.3 Å². The average Bonchev–Trinajstić information content (AvgIpc) is 2.42. The quantitative estimate of drug-likeness (QED) is 0.925. The molecule has 0 saturated heterocycles. The van der Waals surface area contributed by atoms with E-state index in [0.717, 1.165) is 19.4 Å². The highest BCUT2D eigenvalue weighted by Gasteiger charge is 2.21. The number of nitrogens with zero attached hydrogens (tertiary/aromatic N) is 2. The third-order valence-electron chi connectivity index (χ3n) is 4.61. The summed E-state index contributed by atoms with van der Waals surface area (Å²) in [6.45, 7) is 0.731. The summed E-state index contributed by atoms with van der Waals surface area (Å²) in [5, 5.41) is 8.00. The lowest BCUT2D eigenvalue weighted by Gasteiger charge is -2.26. The number of halogens is 1. The molecule has 0 bridgehead atoms. The highest BCUT2D eigenvalue weighted by Crippen LogP contribution is 2.28. The van der Waals surface area contributed by atoms with Gasteiger partial charge < -0.3 is 5.32 Å². The maximum Gasteiger partial charge on any atom is 0.291 e. The first-order valence-electron chi connectivity index (χ1n) is 7.76. The lowest BCUT2D eigenvalue weighted by molar-refractivity contribution is 0.262. The number of rotatable bonds is 4. The molecule has 0 atom stereocenters. The summed E-state index contributed by atoms with van der Waals surface area (Å²) in [7, 11) is 0. The van der Waals surface area contributed by atoms with Crippen LogP contribution in [-0.4, -0.2) is 15.8 Å². The van der Waals surface area contributed by atoms with Gasteiger partial charge in [-0.25, -0.2) is 4.68 Å². The van der Waals surface area contributed by atoms with E-state index in [0.29, 0.717) is 22.7 Å². The number of nitrogens with one attached hydrogen (secondary N) is 1. The third kappa shape index (κ3) is 3.00. The summed E-state index contributed by atoms with van der Waals surface area (Å²) in [6.07, 6.45) is 11.3. The Morgan fingerprint density at radius 2 is 1.95 bits per heavy atom. The summed E-state index contributed by atoms with van der Waals surface area (Å²) >= 11 is 6.17. The molecule has 0 spiro atoms. The Hall–Kier alpha value is -1.03. The molecule has 3 rings (SSSR count). The standard InChI is InChI=1S/C15H22ClN3O/c16-13-9-17-19(10-11-5-4-6-11)15(20)14(13)18-12-7-2-1-3-8-12/h9,11-12,18H,1-8,10H2. The predicted octanol–water partition coefficient (Wildman–Crippen LogP) is 3.44. The van der Waals surface area contributed by atoms with Gasteiger partial charge in [0.05, 0.1) is 11.2 Å². The van der Waals surface area contributed by atoms with Gasteiger partial charge in [-0.05, 0) is 31.6 Å². The Morgan fingerprint density at radius 1 is 1.20 bits per heavy atom. The van der Waals surface area contributed by atoms with Gasteiger partial charge in [0.2, 0.25) is 0 Å². The minimum atomic E-state index is -0.0602. The van der Waals surface area contributed by atoms with Crippen LogP contribution in [0.3, 0.4) is 0 Å². The van der Waals surface area contributed by atoms with Gasteiger partial charge >= 0.3 is 0 Å². The molecule has 1 aromatic rings. The third-order valence-corrected chi connectivity index (χ3v) is 4.89. The van der Waals surface area contributed by atoms with Crippen LogP contribution in [0, 0.1) is 5.92 Å². The van der Waals surface area contributed by atoms with Gasteiger partial charge in [-0.1, -0.05) is 37.3 Å². The van der Waals surface area contributed by atoms with Crippen LogP contribution in [-0.2, 0) is 6.54 Å². The zero-order chi connectivity index (χ0) is 13.9. The van der Waals surface area contributed by atoms with Crippen LogP contribution < -0.4 is 10.9 Å². The molecule has 0 unspecified atom stereocenters. The SMILES string of the molecule is O=c1c(NC2CCCCC2)c(Cl)cnn1CC1CCC1. The fraction of sp³-hybridized carbons (Fsp3) is 0.733. The maximum absolute atomic E-state index is 12.5. The monoisotopic (exact) mass is 295 g/mol. The van der Waals surface area contributed by atoms with E-state index in [1.165, 1.54) is 38.5 Å². The molecule has 1 N–H and O–H groups in total. The van der Waals surface area contributed by atoms with Crippen LogP contribution in [0.25, 0.3) is 0 Å². The minimum Gasteiger partial charge on any atom is -0.377 e. The van der Waals surface area contributed by atoms with E-state index in [-0.39, 0.29) is 5.56 Å². The Morgan fingerprint density at radius 3 is 2.60 bits per heavy atom. The molecule has 5 heteroatoms. The van der Waals surface area contributed by atoms with Crippen molar-refractivity contribution in [1.29, 1.82) is 0 Å². The molecular formula is C15H22ClN3O. The van der Waals surface area contributed by atoms with Gasteiger partial charge in [0.1, 0.15) is 5.69 Å². The molecule has 2 aliphatic rings. The van der Waals surface area contributed by atoms with E-state index >= 15 is 0 Å². The van der Waals surface area contributed by atoms with Crippen LogP contribution >= 0.6 is 11.6 Å². The molecule has 0 aromatic carbocycles. The van der Waals surface area contributed by atoms with Gasteiger partial charge in [-0.2, -0.15) is 5.10 Å². The minimum absolute atomic E-state index is 0.0602. The Balaban J connectivity index is 1.77. The van der Waals surface area contributed by atoms with E-state index in [2.05, 4.69) is 10.4 Å². The fourth-order valence-electron chi connectivity index (χ4n) is 3.10. The summed E-state index contributed by atoms with van der Waals surface area (Å²) in [5.41, 5.74) is 0.489. The largest absolute Gasteiger partial charge is 0.377 e.